The van der Waals surface area contributed by atoms with Gasteiger partial charge >= 0.3 is 0 Å². The first-order chi connectivity index (χ1) is 7.76. The van der Waals surface area contributed by atoms with Crippen LogP contribution < -0.4 is 10.5 Å². The molecule has 0 spiro atoms. The van der Waals surface area contributed by atoms with Crippen LogP contribution in [0.25, 0.3) is 0 Å². The van der Waals surface area contributed by atoms with Gasteiger partial charge in [-0.25, -0.2) is 4.98 Å². The predicted molar refractivity (Wildman–Crippen MR) is 65.5 cm³/mol. The van der Waals surface area contributed by atoms with Crippen LogP contribution in [0, 0.1) is 0 Å². The molecule has 0 aliphatic heterocycles. The maximum Gasteiger partial charge on any atom is 0.212 e. The smallest absolute Gasteiger partial charge is 0.212 e. The van der Waals surface area contributed by atoms with Crippen LogP contribution in [0.15, 0.2) is 18.3 Å². The van der Waals surface area contributed by atoms with E-state index in [4.69, 9.17) is 10.5 Å². The van der Waals surface area contributed by atoms with Crippen LogP contribution in [0.1, 0.15) is 25.5 Å². The number of pyridine rings is 1. The van der Waals surface area contributed by atoms with Crippen LogP contribution in [0.3, 0.4) is 0 Å². The number of methoxy groups -OCH3 is 1. The lowest BCUT2D eigenvalue weighted by atomic mass is 10.1. The zero-order chi connectivity index (χ0) is 12.0. The number of ether oxygens (including phenoxy) is 1. The van der Waals surface area contributed by atoms with Crippen molar-refractivity contribution in [1.82, 2.24) is 9.88 Å². The third kappa shape index (κ3) is 2.93. The van der Waals surface area contributed by atoms with Crippen molar-refractivity contribution in [1.29, 1.82) is 0 Å². The van der Waals surface area contributed by atoms with Gasteiger partial charge in [-0.1, -0.05) is 19.9 Å². The van der Waals surface area contributed by atoms with Crippen LogP contribution in [0.2, 0.25) is 0 Å². The van der Waals surface area contributed by atoms with Gasteiger partial charge in [0.05, 0.1) is 7.11 Å². The highest BCUT2D eigenvalue weighted by Gasteiger charge is 2.16. The molecule has 0 saturated heterocycles. The van der Waals surface area contributed by atoms with Crippen LogP contribution in [-0.2, 0) is 0 Å². The van der Waals surface area contributed by atoms with E-state index < -0.39 is 0 Å². The Balaban J connectivity index is 2.85. The SMILES string of the molecule is CCN(CC)C(CN)c1ccc(OC)nc1. The van der Waals surface area contributed by atoms with Gasteiger partial charge in [0.15, 0.2) is 0 Å². The number of likely N-dealkylation sites (N-methyl/N-ethyl adjacent to an activating group) is 1. The van der Waals surface area contributed by atoms with E-state index in [1.165, 1.54) is 0 Å². The van der Waals surface area contributed by atoms with Gasteiger partial charge in [0.25, 0.3) is 0 Å². The normalized spacial score (nSPS) is 12.8. The monoisotopic (exact) mass is 223 g/mol. The van der Waals surface area contributed by atoms with Gasteiger partial charge in [-0.3, -0.25) is 4.90 Å². The summed E-state index contributed by atoms with van der Waals surface area (Å²) in [5.41, 5.74) is 6.97. The fourth-order valence-electron chi connectivity index (χ4n) is 1.87. The summed E-state index contributed by atoms with van der Waals surface area (Å²) in [6, 6.07) is 4.15. The highest BCUT2D eigenvalue weighted by atomic mass is 16.5. The number of aromatic nitrogens is 1. The summed E-state index contributed by atoms with van der Waals surface area (Å²) in [4.78, 5) is 6.54. The number of hydrogen-bond donors (Lipinski definition) is 1. The zero-order valence-corrected chi connectivity index (χ0v) is 10.3. The Morgan fingerprint density at radius 2 is 2.06 bits per heavy atom. The molecule has 0 bridgehead atoms. The molecule has 0 aliphatic carbocycles. The highest BCUT2D eigenvalue weighted by Crippen LogP contribution is 2.19. The number of nitrogens with zero attached hydrogens (tertiary/aromatic N) is 2. The highest BCUT2D eigenvalue weighted by molar-refractivity contribution is 5.21. The average Bonchev–Trinajstić information content (AvgIpc) is 2.36. The van der Waals surface area contributed by atoms with Gasteiger partial charge in [-0.15, -0.1) is 0 Å². The van der Waals surface area contributed by atoms with Gasteiger partial charge in [0, 0.05) is 24.8 Å². The Kier molecular flexibility index (Phi) is 5.22. The molecule has 4 nitrogen and oxygen atoms in total. The van der Waals surface area contributed by atoms with Gasteiger partial charge in [-0.05, 0) is 18.7 Å². The van der Waals surface area contributed by atoms with E-state index in [2.05, 4.69) is 23.7 Å². The molecule has 0 fully saturated rings. The number of nitrogens with two attached hydrogens (primary N) is 1. The lowest BCUT2D eigenvalue weighted by Crippen LogP contribution is -2.33. The first-order valence-corrected chi connectivity index (χ1v) is 5.70. The minimum Gasteiger partial charge on any atom is -0.481 e. The van der Waals surface area contributed by atoms with E-state index in [-0.39, 0.29) is 6.04 Å². The molecule has 16 heavy (non-hydrogen) atoms. The Hall–Kier alpha value is -1.13. The average molecular weight is 223 g/mol. The number of rotatable bonds is 6. The van der Waals surface area contributed by atoms with E-state index >= 15 is 0 Å². The fourth-order valence-corrected chi connectivity index (χ4v) is 1.87. The van der Waals surface area contributed by atoms with Gasteiger partial charge in [-0.2, -0.15) is 0 Å². The van der Waals surface area contributed by atoms with Crippen molar-refractivity contribution < 1.29 is 4.74 Å². The maximum absolute atomic E-state index is 5.83. The summed E-state index contributed by atoms with van der Waals surface area (Å²) in [5.74, 6) is 0.638. The lowest BCUT2D eigenvalue weighted by molar-refractivity contribution is 0.223. The van der Waals surface area contributed by atoms with Crippen molar-refractivity contribution in [3.8, 4) is 5.88 Å². The second kappa shape index (κ2) is 6.45. The molecule has 1 rings (SSSR count). The van der Waals surface area contributed by atoms with Crippen LogP contribution in [0.5, 0.6) is 5.88 Å². The van der Waals surface area contributed by atoms with Crippen molar-refractivity contribution in [2.24, 2.45) is 5.73 Å². The van der Waals surface area contributed by atoms with Crippen molar-refractivity contribution in [2.45, 2.75) is 19.9 Å². The number of hydrogen-bond acceptors (Lipinski definition) is 4. The first kappa shape index (κ1) is 12.9. The summed E-state index contributed by atoms with van der Waals surface area (Å²) >= 11 is 0. The second-order valence-electron chi connectivity index (χ2n) is 3.61. The molecule has 0 aromatic carbocycles. The van der Waals surface area contributed by atoms with Crippen LogP contribution in [-0.4, -0.2) is 36.6 Å². The summed E-state index contributed by atoms with van der Waals surface area (Å²) in [7, 11) is 1.62. The molecule has 0 saturated carbocycles. The summed E-state index contributed by atoms with van der Waals surface area (Å²) < 4.78 is 5.04. The Morgan fingerprint density at radius 3 is 2.44 bits per heavy atom. The zero-order valence-electron chi connectivity index (χ0n) is 10.3. The van der Waals surface area contributed by atoms with Gasteiger partial charge < -0.3 is 10.5 Å². The maximum atomic E-state index is 5.83. The second-order valence-corrected chi connectivity index (χ2v) is 3.61. The summed E-state index contributed by atoms with van der Waals surface area (Å²) in [6.45, 7) is 6.87. The van der Waals surface area contributed by atoms with Crippen molar-refractivity contribution in [2.75, 3.05) is 26.7 Å². The minimum atomic E-state index is 0.244. The third-order valence-electron chi connectivity index (χ3n) is 2.83. The largest absolute Gasteiger partial charge is 0.481 e. The molecule has 1 unspecified atom stereocenters. The molecule has 0 aliphatic rings. The molecule has 1 heterocycles. The van der Waals surface area contributed by atoms with Crippen molar-refractivity contribution in [3.05, 3.63) is 23.9 Å². The topological polar surface area (TPSA) is 51.4 Å². The third-order valence-corrected chi connectivity index (χ3v) is 2.83. The van der Waals surface area contributed by atoms with Gasteiger partial charge in [0.1, 0.15) is 0 Å². The van der Waals surface area contributed by atoms with Crippen LogP contribution >= 0.6 is 0 Å². The molecule has 2 N–H and O–H groups in total. The molecule has 0 radical (unpaired) electrons. The van der Waals surface area contributed by atoms with E-state index in [0.29, 0.717) is 12.4 Å². The Labute approximate surface area is 97.4 Å². The molecular formula is C12H21N3O. The molecule has 4 heteroatoms. The minimum absolute atomic E-state index is 0.244. The van der Waals surface area contributed by atoms with E-state index in [1.807, 2.05) is 18.3 Å². The Bertz CT molecular complexity index is 296. The lowest BCUT2D eigenvalue weighted by Gasteiger charge is -2.28. The van der Waals surface area contributed by atoms with Crippen LogP contribution in [0.4, 0.5) is 0 Å². The quantitative estimate of drug-likeness (QED) is 0.792. The van der Waals surface area contributed by atoms with Crippen molar-refractivity contribution >= 4 is 0 Å². The molecule has 1 aromatic heterocycles. The Morgan fingerprint density at radius 1 is 1.38 bits per heavy atom. The van der Waals surface area contributed by atoms with Gasteiger partial charge in [0.2, 0.25) is 5.88 Å². The molecule has 1 atom stereocenters. The summed E-state index contributed by atoms with van der Waals surface area (Å²) in [6.07, 6.45) is 1.84. The molecule has 1 aromatic rings. The standard InChI is InChI=1S/C12H21N3O/c1-4-15(5-2)11(8-13)10-6-7-12(16-3)14-9-10/h6-7,9,11H,4-5,8,13H2,1-3H3. The predicted octanol–water partition coefficient (Wildman–Crippen LogP) is 1.43. The molecule has 0 amide bonds. The van der Waals surface area contributed by atoms with Crippen molar-refractivity contribution in [3.63, 3.8) is 0 Å². The van der Waals surface area contributed by atoms with E-state index in [0.717, 1.165) is 18.7 Å². The molecule has 90 valence electrons. The van der Waals surface area contributed by atoms with E-state index in [9.17, 15) is 0 Å². The first-order valence-electron chi connectivity index (χ1n) is 5.70. The molecular weight excluding hydrogens is 202 g/mol. The van der Waals surface area contributed by atoms with E-state index in [1.54, 1.807) is 7.11 Å². The summed E-state index contributed by atoms with van der Waals surface area (Å²) in [5, 5.41) is 0. The fraction of sp³-hybridized carbons (Fsp3) is 0.583.